The van der Waals surface area contributed by atoms with Crippen molar-refractivity contribution < 1.29 is 4.90 Å². The molecule has 0 aliphatic carbocycles. The van der Waals surface area contributed by atoms with Crippen LogP contribution in [0, 0.1) is 14.0 Å². The summed E-state index contributed by atoms with van der Waals surface area (Å²) in [7, 11) is 4.14. The van der Waals surface area contributed by atoms with E-state index in [2.05, 4.69) is 38.2 Å². The van der Waals surface area contributed by atoms with Crippen LogP contribution in [0.25, 0.3) is 0 Å². The lowest BCUT2D eigenvalue weighted by Crippen LogP contribution is -3.04. The molecule has 1 aromatic carbocycles. The Bertz CT molecular complexity index is 293. The predicted molar refractivity (Wildman–Crippen MR) is 54.3 cm³/mol. The molecule has 0 radical (unpaired) electrons. The lowest BCUT2D eigenvalue weighted by atomic mass is 10.0. The summed E-state index contributed by atoms with van der Waals surface area (Å²) in [5, 5.41) is 0. The second kappa shape index (κ2) is 3.51. The maximum Gasteiger partial charge on any atom is 0.0893 e. The quantitative estimate of drug-likeness (QED) is 0.617. The van der Waals surface area contributed by atoms with Crippen LogP contribution in [-0.4, -0.2) is 6.54 Å². The molecule has 0 aromatic heterocycles. The van der Waals surface area contributed by atoms with Gasteiger partial charge in [-0.3, -0.25) is 0 Å². The first kappa shape index (κ1) is 8.76. The van der Waals surface area contributed by atoms with Gasteiger partial charge in [-0.1, -0.05) is 29.8 Å². The highest BCUT2D eigenvalue weighted by Gasteiger charge is 2.22. The molecule has 1 heterocycles. The highest BCUT2D eigenvalue weighted by Crippen LogP contribution is 2.19. The number of hydrogen-bond acceptors (Lipinski definition) is 0. The molecule has 1 nitrogen and oxygen atoms in total. The van der Waals surface area contributed by atoms with Crippen molar-refractivity contribution in [2.75, 3.05) is 6.54 Å². The second-order valence-electron chi connectivity index (χ2n) is 4.02. The van der Waals surface area contributed by atoms with Gasteiger partial charge in [0.15, 0.2) is 0 Å². The molecule has 2 atom stereocenters. The number of rotatable bonds is 1. The van der Waals surface area contributed by atoms with Crippen LogP contribution in [0.15, 0.2) is 24.3 Å². The van der Waals surface area contributed by atoms with Gasteiger partial charge >= 0.3 is 0 Å². The van der Waals surface area contributed by atoms with E-state index in [0.717, 1.165) is 0 Å². The molecule has 1 aromatic rings. The third-order valence-corrected chi connectivity index (χ3v) is 2.93. The van der Waals surface area contributed by atoms with Crippen molar-refractivity contribution in [3.05, 3.63) is 42.4 Å². The van der Waals surface area contributed by atoms with Gasteiger partial charge < -0.3 is 4.90 Å². The highest BCUT2D eigenvalue weighted by atomic mass is 15.1. The van der Waals surface area contributed by atoms with Gasteiger partial charge in [0.1, 0.15) is 0 Å². The molecule has 1 N–H and O–H groups in total. The number of nitrogens with one attached hydrogen (secondary N) is 1. The van der Waals surface area contributed by atoms with Crippen molar-refractivity contribution in [2.45, 2.75) is 25.8 Å². The Morgan fingerprint density at radius 1 is 1.46 bits per heavy atom. The Balaban J connectivity index is 2.24. The molecule has 0 saturated carbocycles. The van der Waals surface area contributed by atoms with Gasteiger partial charge in [-0.2, -0.15) is 7.05 Å². The van der Waals surface area contributed by atoms with Gasteiger partial charge in [-0.25, -0.2) is 0 Å². The van der Waals surface area contributed by atoms with E-state index in [1.54, 1.807) is 0 Å². The van der Waals surface area contributed by atoms with Crippen LogP contribution >= 0.6 is 0 Å². The third-order valence-electron chi connectivity index (χ3n) is 2.93. The van der Waals surface area contributed by atoms with Crippen molar-refractivity contribution in [2.24, 2.45) is 0 Å². The van der Waals surface area contributed by atoms with E-state index in [9.17, 15) is 0 Å². The summed E-state index contributed by atoms with van der Waals surface area (Å²) in [6.07, 6.45) is 2.61. The molecule has 2 rings (SSSR count). The average Bonchev–Trinajstić information content (AvgIpc) is 2.51. The van der Waals surface area contributed by atoms with Gasteiger partial charge in [-0.15, -0.1) is 0 Å². The first-order valence-corrected chi connectivity index (χ1v) is 5.01. The fourth-order valence-corrected chi connectivity index (χ4v) is 2.20. The molecule has 0 spiro atoms. The molecule has 0 bridgehead atoms. The average molecular weight is 175 g/mol. The number of aryl methyl sites for hydroxylation is 1. The van der Waals surface area contributed by atoms with Crippen molar-refractivity contribution in [3.63, 3.8) is 0 Å². The molecule has 1 heteroatoms. The van der Waals surface area contributed by atoms with Crippen molar-refractivity contribution in [1.82, 2.24) is 0 Å². The molecular weight excluding hydrogens is 158 g/mol. The largest absolute Gasteiger partial charge is 0.462 e. The van der Waals surface area contributed by atoms with Crippen molar-refractivity contribution in [1.29, 1.82) is 0 Å². The van der Waals surface area contributed by atoms with E-state index in [4.69, 9.17) is 0 Å². The van der Waals surface area contributed by atoms with Crippen molar-refractivity contribution >= 4 is 0 Å². The molecule has 1 saturated heterocycles. The standard InChI is InChI=1S/C12H17N/c1-10-5-3-6-11(9-10)12-7-4-8-13(12)2/h3,5-6,9,12-13H,2,4,7-8H2,1H3. The zero-order valence-electron chi connectivity index (χ0n) is 8.22. The Morgan fingerprint density at radius 2 is 2.31 bits per heavy atom. The topological polar surface area (TPSA) is 4.44 Å². The lowest BCUT2D eigenvalue weighted by Gasteiger charge is -2.23. The van der Waals surface area contributed by atoms with Gasteiger partial charge in [0.05, 0.1) is 12.6 Å². The minimum absolute atomic E-state index is 0.639. The van der Waals surface area contributed by atoms with Gasteiger partial charge in [0.25, 0.3) is 0 Å². The summed E-state index contributed by atoms with van der Waals surface area (Å²) < 4.78 is 0. The van der Waals surface area contributed by atoms with E-state index in [0.29, 0.717) is 6.04 Å². The van der Waals surface area contributed by atoms with Crippen LogP contribution < -0.4 is 4.90 Å². The molecular formula is C12H17N. The summed E-state index contributed by atoms with van der Waals surface area (Å²) in [6, 6.07) is 9.46. The van der Waals surface area contributed by atoms with Crippen LogP contribution in [0.5, 0.6) is 0 Å². The molecule has 2 unspecified atom stereocenters. The normalized spacial score (nSPS) is 27.8. The fraction of sp³-hybridized carbons (Fsp3) is 0.417. The Morgan fingerprint density at radius 3 is 2.92 bits per heavy atom. The smallest absolute Gasteiger partial charge is 0.0893 e. The Hall–Kier alpha value is -0.820. The molecule has 70 valence electrons. The van der Waals surface area contributed by atoms with Crippen LogP contribution in [0.4, 0.5) is 0 Å². The van der Waals surface area contributed by atoms with Crippen LogP contribution in [0.3, 0.4) is 0 Å². The first-order valence-electron chi connectivity index (χ1n) is 5.01. The molecule has 1 aliphatic rings. The lowest BCUT2D eigenvalue weighted by molar-refractivity contribution is -0.872. The molecule has 0 amide bonds. The fourth-order valence-electron chi connectivity index (χ4n) is 2.20. The summed E-state index contributed by atoms with van der Waals surface area (Å²) >= 11 is 0. The highest BCUT2D eigenvalue weighted by molar-refractivity contribution is 5.24. The van der Waals surface area contributed by atoms with Gasteiger partial charge in [0, 0.05) is 18.4 Å². The summed E-state index contributed by atoms with van der Waals surface area (Å²) in [5.74, 6) is 0. The first-order chi connectivity index (χ1) is 6.27. The molecule has 1 aliphatic heterocycles. The SMILES string of the molecule is [CH2-][NH+]1CCCC1c1cccc(C)c1. The van der Waals surface area contributed by atoms with Crippen molar-refractivity contribution in [3.8, 4) is 0 Å². The van der Waals surface area contributed by atoms with E-state index < -0.39 is 0 Å². The van der Waals surface area contributed by atoms with E-state index in [1.165, 1.54) is 35.4 Å². The monoisotopic (exact) mass is 175 g/mol. The van der Waals surface area contributed by atoms with Gasteiger partial charge in [0.2, 0.25) is 0 Å². The zero-order valence-corrected chi connectivity index (χ0v) is 8.22. The maximum absolute atomic E-state index is 4.14. The van der Waals surface area contributed by atoms with E-state index >= 15 is 0 Å². The summed E-state index contributed by atoms with van der Waals surface area (Å²) in [5.41, 5.74) is 2.82. The summed E-state index contributed by atoms with van der Waals surface area (Å²) in [4.78, 5) is 1.42. The number of quaternary nitrogens is 1. The maximum atomic E-state index is 4.14. The minimum atomic E-state index is 0.639. The van der Waals surface area contributed by atoms with Crippen LogP contribution in [-0.2, 0) is 0 Å². The predicted octanol–water partition coefficient (Wildman–Crippen LogP) is 1.51. The Kier molecular flexibility index (Phi) is 2.36. The van der Waals surface area contributed by atoms with Crippen LogP contribution in [0.1, 0.15) is 30.0 Å². The van der Waals surface area contributed by atoms with E-state index in [1.807, 2.05) is 0 Å². The zero-order chi connectivity index (χ0) is 9.26. The summed E-state index contributed by atoms with van der Waals surface area (Å²) in [6.45, 7) is 3.37. The number of hydrogen-bond donors (Lipinski definition) is 1. The number of benzene rings is 1. The van der Waals surface area contributed by atoms with E-state index in [-0.39, 0.29) is 0 Å². The molecule has 1 fully saturated rings. The third kappa shape index (κ3) is 1.75. The molecule has 13 heavy (non-hydrogen) atoms. The van der Waals surface area contributed by atoms with Gasteiger partial charge in [-0.05, 0) is 6.92 Å². The Labute approximate surface area is 80.4 Å². The number of likely N-dealkylation sites (tertiary alicyclic amines) is 1. The van der Waals surface area contributed by atoms with Crippen LogP contribution in [0.2, 0.25) is 0 Å². The second-order valence-corrected chi connectivity index (χ2v) is 4.02. The minimum Gasteiger partial charge on any atom is -0.462 e.